The molecular weight excluding hydrogens is 282 g/mol. The van der Waals surface area contributed by atoms with Gasteiger partial charge in [0.1, 0.15) is 10.8 Å². The number of likely N-dealkylation sites (tertiary alicyclic amines) is 1. The van der Waals surface area contributed by atoms with E-state index in [4.69, 9.17) is 17.3 Å². The zero-order valence-corrected chi connectivity index (χ0v) is 11.6. The second kappa shape index (κ2) is 6.51. The number of nitrogens with one attached hydrogen (secondary N) is 1. The van der Waals surface area contributed by atoms with E-state index in [1.54, 1.807) is 4.90 Å². The quantitative estimate of drug-likeness (QED) is 0.855. The summed E-state index contributed by atoms with van der Waals surface area (Å²) in [6.45, 7) is 1.73. The topological polar surface area (TPSA) is 101 Å². The van der Waals surface area contributed by atoms with Crippen molar-refractivity contribution in [2.24, 2.45) is 11.7 Å². The number of halogens is 1. The van der Waals surface area contributed by atoms with Gasteiger partial charge >= 0.3 is 6.03 Å². The Morgan fingerprint density at radius 1 is 1.45 bits per heavy atom. The van der Waals surface area contributed by atoms with Crippen molar-refractivity contribution in [2.45, 2.75) is 12.8 Å². The van der Waals surface area contributed by atoms with Crippen molar-refractivity contribution < 1.29 is 9.59 Å². The molecule has 108 valence electrons. The van der Waals surface area contributed by atoms with Crippen LogP contribution in [0.4, 0.5) is 4.79 Å². The average molecular weight is 298 g/mol. The summed E-state index contributed by atoms with van der Waals surface area (Å²) in [6, 6.07) is -0.544. The number of aromatic nitrogens is 2. The van der Waals surface area contributed by atoms with E-state index in [9.17, 15) is 9.59 Å². The molecule has 0 aromatic carbocycles. The van der Waals surface area contributed by atoms with Gasteiger partial charge < -0.3 is 16.0 Å². The van der Waals surface area contributed by atoms with Gasteiger partial charge in [-0.2, -0.15) is 0 Å². The first-order valence-electron chi connectivity index (χ1n) is 6.36. The number of urea groups is 1. The van der Waals surface area contributed by atoms with Crippen LogP contribution in [0.3, 0.4) is 0 Å². The van der Waals surface area contributed by atoms with Gasteiger partial charge in [0.25, 0.3) is 5.91 Å². The summed E-state index contributed by atoms with van der Waals surface area (Å²) < 4.78 is 0. The highest BCUT2D eigenvalue weighted by atomic mass is 35.5. The Labute approximate surface area is 121 Å². The molecule has 1 aliphatic rings. The monoisotopic (exact) mass is 297 g/mol. The molecule has 0 bridgehead atoms. The van der Waals surface area contributed by atoms with Crippen LogP contribution in [-0.2, 0) is 0 Å². The van der Waals surface area contributed by atoms with E-state index in [-0.39, 0.29) is 22.7 Å². The molecule has 0 aliphatic carbocycles. The lowest BCUT2D eigenvalue weighted by Gasteiger charge is -2.32. The maximum absolute atomic E-state index is 12.3. The Kier molecular flexibility index (Phi) is 4.73. The molecule has 3 N–H and O–H groups in total. The van der Waals surface area contributed by atoms with Crippen molar-refractivity contribution in [3.63, 3.8) is 0 Å². The zero-order valence-electron chi connectivity index (χ0n) is 10.9. The maximum atomic E-state index is 12.3. The third-order valence-corrected chi connectivity index (χ3v) is 3.41. The highest BCUT2D eigenvalue weighted by Crippen LogP contribution is 2.17. The summed E-state index contributed by atoms with van der Waals surface area (Å²) in [7, 11) is 0. The summed E-state index contributed by atoms with van der Waals surface area (Å²) in [5.74, 6) is 0.0402. The van der Waals surface area contributed by atoms with Crippen LogP contribution in [0.5, 0.6) is 0 Å². The predicted octanol–water partition coefficient (Wildman–Crippen LogP) is 0.650. The van der Waals surface area contributed by atoms with Gasteiger partial charge in [0.15, 0.2) is 0 Å². The van der Waals surface area contributed by atoms with Crippen LogP contribution in [0.15, 0.2) is 12.4 Å². The normalized spacial score (nSPS) is 18.6. The molecule has 1 fully saturated rings. The van der Waals surface area contributed by atoms with Crippen LogP contribution in [-0.4, -0.2) is 46.4 Å². The van der Waals surface area contributed by atoms with Gasteiger partial charge in [0.05, 0.1) is 12.4 Å². The fraction of sp³-hybridized carbons (Fsp3) is 0.500. The number of hydrogen-bond acceptors (Lipinski definition) is 4. The number of primary amides is 1. The molecule has 1 saturated heterocycles. The number of carbonyl (C=O) groups excluding carboxylic acids is 2. The molecule has 1 aliphatic heterocycles. The molecule has 1 atom stereocenters. The van der Waals surface area contributed by atoms with E-state index in [1.807, 2.05) is 0 Å². The minimum absolute atomic E-state index is 0.169. The molecular formula is C12H16ClN5O2. The van der Waals surface area contributed by atoms with Crippen LogP contribution in [0.25, 0.3) is 0 Å². The van der Waals surface area contributed by atoms with Crippen LogP contribution >= 0.6 is 11.6 Å². The van der Waals surface area contributed by atoms with Gasteiger partial charge in [-0.05, 0) is 18.8 Å². The summed E-state index contributed by atoms with van der Waals surface area (Å²) in [5.41, 5.74) is 5.32. The number of nitrogens with two attached hydrogens (primary N) is 1. The van der Waals surface area contributed by atoms with Gasteiger partial charge in [-0.3, -0.25) is 4.79 Å². The number of hydrogen-bond donors (Lipinski definition) is 2. The Bertz CT molecular complexity index is 493. The number of nitrogens with zero attached hydrogens (tertiary/aromatic N) is 3. The number of piperidine rings is 1. The fourth-order valence-corrected chi connectivity index (χ4v) is 2.34. The van der Waals surface area contributed by atoms with Crippen molar-refractivity contribution in [3.05, 3.63) is 23.2 Å². The number of amides is 3. The van der Waals surface area contributed by atoms with Gasteiger partial charge in [0, 0.05) is 19.6 Å². The van der Waals surface area contributed by atoms with E-state index in [2.05, 4.69) is 15.3 Å². The summed E-state index contributed by atoms with van der Waals surface area (Å²) in [5, 5.41) is 2.83. The highest BCUT2D eigenvalue weighted by molar-refractivity contribution is 6.29. The van der Waals surface area contributed by atoms with Crippen molar-refractivity contribution in [1.82, 2.24) is 20.2 Å². The predicted molar refractivity (Wildman–Crippen MR) is 73.3 cm³/mol. The fourth-order valence-electron chi connectivity index (χ4n) is 2.25. The molecule has 7 nitrogen and oxygen atoms in total. The van der Waals surface area contributed by atoms with Crippen molar-refractivity contribution >= 4 is 23.5 Å². The molecule has 0 radical (unpaired) electrons. The smallest absolute Gasteiger partial charge is 0.312 e. The lowest BCUT2D eigenvalue weighted by Crippen LogP contribution is -2.44. The Morgan fingerprint density at radius 3 is 2.90 bits per heavy atom. The van der Waals surface area contributed by atoms with Crippen LogP contribution in [0.2, 0.25) is 5.15 Å². The van der Waals surface area contributed by atoms with Crippen molar-refractivity contribution in [2.75, 3.05) is 19.6 Å². The first kappa shape index (κ1) is 14.5. The minimum Gasteiger partial charge on any atom is -0.352 e. The molecule has 0 spiro atoms. The summed E-state index contributed by atoms with van der Waals surface area (Å²) >= 11 is 5.65. The highest BCUT2D eigenvalue weighted by Gasteiger charge is 2.25. The standard InChI is InChI=1S/C12H16ClN5O2/c13-10-6-15-9(5-16-10)11(19)18-3-1-2-8(7-18)4-17-12(14)20/h5-6,8H,1-4,7H2,(H3,14,17,20). The largest absolute Gasteiger partial charge is 0.352 e. The third kappa shape index (κ3) is 3.80. The van der Waals surface area contributed by atoms with Crippen molar-refractivity contribution in [3.8, 4) is 0 Å². The van der Waals surface area contributed by atoms with E-state index in [0.717, 1.165) is 12.8 Å². The van der Waals surface area contributed by atoms with E-state index in [1.165, 1.54) is 12.4 Å². The first-order chi connectivity index (χ1) is 9.56. The SMILES string of the molecule is NC(=O)NCC1CCCN(C(=O)c2cnc(Cl)cn2)C1. The molecule has 8 heteroatoms. The van der Waals surface area contributed by atoms with Gasteiger partial charge in [-0.25, -0.2) is 14.8 Å². The average Bonchev–Trinajstić information content (AvgIpc) is 2.45. The second-order valence-corrected chi connectivity index (χ2v) is 5.12. The molecule has 1 aromatic heterocycles. The van der Waals surface area contributed by atoms with Crippen molar-refractivity contribution in [1.29, 1.82) is 0 Å². The molecule has 1 unspecified atom stereocenters. The Hall–Kier alpha value is -1.89. The minimum atomic E-state index is -0.544. The van der Waals surface area contributed by atoms with E-state index < -0.39 is 6.03 Å². The van der Waals surface area contributed by atoms with Crippen LogP contribution < -0.4 is 11.1 Å². The zero-order chi connectivity index (χ0) is 14.5. The number of rotatable bonds is 3. The second-order valence-electron chi connectivity index (χ2n) is 4.73. The first-order valence-corrected chi connectivity index (χ1v) is 6.74. The molecule has 2 heterocycles. The number of carbonyl (C=O) groups is 2. The van der Waals surface area contributed by atoms with E-state index in [0.29, 0.717) is 19.6 Å². The van der Waals surface area contributed by atoms with Crippen LogP contribution in [0, 0.1) is 5.92 Å². The molecule has 3 amide bonds. The third-order valence-electron chi connectivity index (χ3n) is 3.21. The lowest BCUT2D eigenvalue weighted by molar-refractivity contribution is 0.0668. The molecule has 1 aromatic rings. The Balaban J connectivity index is 1.96. The van der Waals surface area contributed by atoms with Gasteiger partial charge in [-0.1, -0.05) is 11.6 Å². The van der Waals surface area contributed by atoms with Gasteiger partial charge in [-0.15, -0.1) is 0 Å². The Morgan fingerprint density at radius 2 is 2.25 bits per heavy atom. The van der Waals surface area contributed by atoms with Gasteiger partial charge in [0.2, 0.25) is 0 Å². The molecule has 2 rings (SSSR count). The lowest BCUT2D eigenvalue weighted by atomic mass is 9.98. The summed E-state index contributed by atoms with van der Waals surface area (Å²) in [4.78, 5) is 32.5. The van der Waals surface area contributed by atoms with E-state index >= 15 is 0 Å². The maximum Gasteiger partial charge on any atom is 0.312 e. The summed E-state index contributed by atoms with van der Waals surface area (Å²) in [6.07, 6.45) is 4.56. The molecule has 0 saturated carbocycles. The molecule has 20 heavy (non-hydrogen) atoms. The van der Waals surface area contributed by atoms with Crippen LogP contribution in [0.1, 0.15) is 23.3 Å².